The molecule has 0 fully saturated rings. The lowest BCUT2D eigenvalue weighted by Crippen LogP contribution is -2.11. The van der Waals surface area contributed by atoms with E-state index >= 15 is 0 Å². The number of hydrogen-bond acceptors (Lipinski definition) is 3. The molecule has 5 heteroatoms. The predicted octanol–water partition coefficient (Wildman–Crippen LogP) is 2.93. The summed E-state index contributed by atoms with van der Waals surface area (Å²) in [6.45, 7) is 7.66. The van der Waals surface area contributed by atoms with Crippen LogP contribution >= 0.6 is 15.9 Å². The van der Waals surface area contributed by atoms with E-state index in [-0.39, 0.29) is 5.41 Å². The smallest absolute Gasteiger partial charge is 0.180 e. The molecule has 0 spiro atoms. The summed E-state index contributed by atoms with van der Waals surface area (Å²) in [6, 6.07) is 1.99. The van der Waals surface area contributed by atoms with Gasteiger partial charge in [-0.2, -0.15) is 5.26 Å². The molecule has 16 heavy (non-hydrogen) atoms. The number of hydrogen-bond donors (Lipinski definition) is 0. The summed E-state index contributed by atoms with van der Waals surface area (Å²) in [4.78, 5) is 4.00. The highest BCUT2D eigenvalue weighted by molar-refractivity contribution is 9.10. The molecule has 88 valence electrons. The summed E-state index contributed by atoms with van der Waals surface area (Å²) in [6.07, 6.45) is 2.67. The van der Waals surface area contributed by atoms with Gasteiger partial charge in [-0.25, -0.2) is 4.98 Å². The Labute approximate surface area is 104 Å². The Balaban J connectivity index is 2.38. The van der Waals surface area contributed by atoms with Crippen LogP contribution in [0.5, 0.6) is 0 Å². The average molecular weight is 286 g/mol. The molecule has 1 aromatic heterocycles. The minimum atomic E-state index is 0.282. The lowest BCUT2D eigenvalue weighted by Gasteiger charge is -2.17. The zero-order valence-corrected chi connectivity index (χ0v) is 11.4. The fourth-order valence-electron chi connectivity index (χ4n) is 1.08. The topological polar surface area (TPSA) is 50.8 Å². The summed E-state index contributed by atoms with van der Waals surface area (Å²) < 4.78 is 7.91. The number of ether oxygens (including phenoxy) is 1. The van der Waals surface area contributed by atoms with Crippen molar-refractivity contribution >= 4 is 15.9 Å². The van der Waals surface area contributed by atoms with Crippen molar-refractivity contribution in [2.45, 2.75) is 33.9 Å². The van der Waals surface area contributed by atoms with Crippen LogP contribution in [0.15, 0.2) is 10.9 Å². The van der Waals surface area contributed by atoms with Gasteiger partial charge in [0.25, 0.3) is 0 Å². The van der Waals surface area contributed by atoms with Gasteiger partial charge < -0.3 is 9.30 Å². The standard InChI is InChI=1S/C11H16BrN3O/c1-11(2,3)4-5-16-8-15-7-9(6-13)14-10(15)12/h7H,4-5,8H2,1-3H3. The highest BCUT2D eigenvalue weighted by Crippen LogP contribution is 2.18. The van der Waals surface area contributed by atoms with E-state index in [0.717, 1.165) is 6.42 Å². The first-order valence-corrected chi connectivity index (χ1v) is 5.92. The van der Waals surface area contributed by atoms with E-state index in [4.69, 9.17) is 10.00 Å². The van der Waals surface area contributed by atoms with E-state index in [0.29, 0.717) is 23.8 Å². The van der Waals surface area contributed by atoms with Crippen molar-refractivity contribution in [3.63, 3.8) is 0 Å². The molecule has 0 radical (unpaired) electrons. The Kier molecular flexibility index (Phi) is 4.51. The Morgan fingerprint density at radius 1 is 1.56 bits per heavy atom. The number of aromatic nitrogens is 2. The minimum Gasteiger partial charge on any atom is -0.361 e. The largest absolute Gasteiger partial charge is 0.361 e. The van der Waals surface area contributed by atoms with Crippen LogP contribution in [0, 0.1) is 16.7 Å². The summed E-state index contributed by atoms with van der Waals surface area (Å²) in [5.74, 6) is 0. The van der Waals surface area contributed by atoms with E-state index in [1.807, 2.05) is 6.07 Å². The average Bonchev–Trinajstić information content (AvgIpc) is 2.53. The highest BCUT2D eigenvalue weighted by Gasteiger charge is 2.10. The number of halogens is 1. The van der Waals surface area contributed by atoms with Crippen LogP contribution in [0.4, 0.5) is 0 Å². The first-order valence-electron chi connectivity index (χ1n) is 5.13. The second-order valence-electron chi connectivity index (χ2n) is 4.82. The van der Waals surface area contributed by atoms with E-state index in [1.54, 1.807) is 10.8 Å². The molecule has 0 aromatic carbocycles. The van der Waals surface area contributed by atoms with Gasteiger partial charge >= 0.3 is 0 Å². The van der Waals surface area contributed by atoms with Crippen LogP contribution < -0.4 is 0 Å². The van der Waals surface area contributed by atoms with Crippen LogP contribution in [0.1, 0.15) is 32.9 Å². The maximum absolute atomic E-state index is 8.67. The third-order valence-electron chi connectivity index (χ3n) is 2.07. The van der Waals surface area contributed by atoms with Gasteiger partial charge in [-0.3, -0.25) is 0 Å². The molecule has 4 nitrogen and oxygen atoms in total. The molecule has 0 aliphatic carbocycles. The van der Waals surface area contributed by atoms with Crippen LogP contribution in [-0.2, 0) is 11.5 Å². The molecule has 0 atom stereocenters. The fourth-order valence-corrected chi connectivity index (χ4v) is 1.47. The summed E-state index contributed by atoms with van der Waals surface area (Å²) in [7, 11) is 0. The molecule has 0 unspecified atom stereocenters. The van der Waals surface area contributed by atoms with Gasteiger partial charge in [0.1, 0.15) is 12.8 Å². The second-order valence-corrected chi connectivity index (χ2v) is 5.53. The quantitative estimate of drug-likeness (QED) is 0.800. The number of imidazole rings is 1. The molecule has 0 N–H and O–H groups in total. The second kappa shape index (κ2) is 5.46. The molecular weight excluding hydrogens is 270 g/mol. The Bertz CT molecular complexity index is 387. The molecule has 1 heterocycles. The fraction of sp³-hybridized carbons (Fsp3) is 0.636. The Morgan fingerprint density at radius 2 is 2.25 bits per heavy atom. The minimum absolute atomic E-state index is 0.282. The monoisotopic (exact) mass is 285 g/mol. The lowest BCUT2D eigenvalue weighted by molar-refractivity contribution is 0.0575. The Morgan fingerprint density at radius 3 is 2.75 bits per heavy atom. The molecule has 1 aromatic rings. The predicted molar refractivity (Wildman–Crippen MR) is 64.7 cm³/mol. The van der Waals surface area contributed by atoms with E-state index in [1.165, 1.54) is 0 Å². The third-order valence-corrected chi connectivity index (χ3v) is 2.70. The lowest BCUT2D eigenvalue weighted by atomic mass is 9.93. The summed E-state index contributed by atoms with van der Waals surface area (Å²) in [5, 5.41) is 8.67. The van der Waals surface area contributed by atoms with E-state index < -0.39 is 0 Å². The molecule has 0 saturated heterocycles. The third kappa shape index (κ3) is 4.33. The molecular formula is C11H16BrN3O. The Hall–Kier alpha value is -0.860. The van der Waals surface area contributed by atoms with Crippen molar-refractivity contribution in [2.24, 2.45) is 5.41 Å². The maximum atomic E-state index is 8.67. The van der Waals surface area contributed by atoms with Gasteiger partial charge in [0.2, 0.25) is 0 Å². The van der Waals surface area contributed by atoms with Crippen molar-refractivity contribution in [1.29, 1.82) is 5.26 Å². The highest BCUT2D eigenvalue weighted by atomic mass is 79.9. The SMILES string of the molecule is CC(C)(C)CCOCn1cc(C#N)nc1Br. The summed E-state index contributed by atoms with van der Waals surface area (Å²) in [5.41, 5.74) is 0.676. The van der Waals surface area contributed by atoms with Crippen LogP contribution in [0.2, 0.25) is 0 Å². The van der Waals surface area contributed by atoms with Crippen molar-refractivity contribution in [1.82, 2.24) is 9.55 Å². The number of nitrogens with zero attached hydrogens (tertiary/aromatic N) is 3. The van der Waals surface area contributed by atoms with Crippen molar-refractivity contribution in [3.05, 3.63) is 16.6 Å². The zero-order valence-electron chi connectivity index (χ0n) is 9.83. The van der Waals surface area contributed by atoms with E-state index in [9.17, 15) is 0 Å². The van der Waals surface area contributed by atoms with Gasteiger partial charge in [0.15, 0.2) is 10.4 Å². The van der Waals surface area contributed by atoms with Crippen LogP contribution in [0.3, 0.4) is 0 Å². The molecule has 1 rings (SSSR count). The first-order chi connectivity index (χ1) is 7.42. The molecule has 0 amide bonds. The normalized spacial score (nSPS) is 11.4. The number of nitriles is 1. The zero-order chi connectivity index (χ0) is 12.2. The van der Waals surface area contributed by atoms with Gasteiger partial charge in [-0.1, -0.05) is 20.8 Å². The van der Waals surface area contributed by atoms with E-state index in [2.05, 4.69) is 41.7 Å². The van der Waals surface area contributed by atoms with Gasteiger partial charge in [-0.15, -0.1) is 0 Å². The maximum Gasteiger partial charge on any atom is 0.180 e. The summed E-state index contributed by atoms with van der Waals surface area (Å²) >= 11 is 3.27. The molecule has 0 bridgehead atoms. The van der Waals surface area contributed by atoms with Crippen molar-refractivity contribution in [3.8, 4) is 6.07 Å². The van der Waals surface area contributed by atoms with Gasteiger partial charge in [-0.05, 0) is 27.8 Å². The van der Waals surface area contributed by atoms with Crippen LogP contribution in [0.25, 0.3) is 0 Å². The van der Waals surface area contributed by atoms with Gasteiger partial charge in [0, 0.05) is 12.8 Å². The molecule has 0 aliphatic heterocycles. The van der Waals surface area contributed by atoms with Crippen LogP contribution in [-0.4, -0.2) is 16.2 Å². The first kappa shape index (κ1) is 13.2. The van der Waals surface area contributed by atoms with Gasteiger partial charge in [0.05, 0.1) is 0 Å². The molecule has 0 aliphatic rings. The molecule has 0 saturated carbocycles. The number of rotatable bonds is 4. The van der Waals surface area contributed by atoms with Crippen molar-refractivity contribution in [2.75, 3.05) is 6.61 Å². The van der Waals surface area contributed by atoms with Crippen molar-refractivity contribution < 1.29 is 4.74 Å².